The molecule has 0 spiro atoms. The smallest absolute Gasteiger partial charge is 0.306 e. The molecule has 136 valence electrons. The van der Waals surface area contributed by atoms with Gasteiger partial charge in [-0.05, 0) is 37.1 Å². The molecule has 0 aliphatic carbocycles. The molecule has 1 aliphatic heterocycles. The Morgan fingerprint density at radius 2 is 1.76 bits per heavy atom. The van der Waals surface area contributed by atoms with Crippen molar-refractivity contribution in [3.8, 4) is 0 Å². The van der Waals surface area contributed by atoms with Crippen LogP contribution in [0, 0.1) is 12.7 Å². The predicted molar refractivity (Wildman–Crippen MR) is 89.5 cm³/mol. The molecule has 6 nitrogen and oxygen atoms in total. The van der Waals surface area contributed by atoms with Gasteiger partial charge in [0.25, 0.3) is 5.91 Å². The summed E-state index contributed by atoms with van der Waals surface area (Å²) < 4.78 is 17.9. The highest BCUT2D eigenvalue weighted by Crippen LogP contribution is 2.14. The maximum absolute atomic E-state index is 13.4. The highest BCUT2D eigenvalue weighted by molar-refractivity contribution is 5.94. The van der Waals surface area contributed by atoms with E-state index in [1.165, 1.54) is 19.2 Å². The third-order valence-electron chi connectivity index (χ3n) is 4.31. The fourth-order valence-electron chi connectivity index (χ4n) is 2.80. The van der Waals surface area contributed by atoms with E-state index >= 15 is 0 Å². The van der Waals surface area contributed by atoms with Crippen LogP contribution < -0.4 is 0 Å². The Bertz CT molecular complexity index is 662. The quantitative estimate of drug-likeness (QED) is 0.776. The lowest BCUT2D eigenvalue weighted by atomic mass is 10.1. The van der Waals surface area contributed by atoms with Gasteiger partial charge in [0.15, 0.2) is 0 Å². The van der Waals surface area contributed by atoms with Crippen LogP contribution in [-0.4, -0.2) is 60.9 Å². The summed E-state index contributed by atoms with van der Waals surface area (Å²) in [5.74, 6) is -1.02. The summed E-state index contributed by atoms with van der Waals surface area (Å²) in [5, 5.41) is 0. The minimum Gasteiger partial charge on any atom is -0.469 e. The van der Waals surface area contributed by atoms with Crippen molar-refractivity contribution >= 4 is 17.8 Å². The van der Waals surface area contributed by atoms with Crippen LogP contribution in [0.25, 0.3) is 0 Å². The molecule has 1 aromatic carbocycles. The maximum atomic E-state index is 13.4. The summed E-state index contributed by atoms with van der Waals surface area (Å²) in [6.07, 6.45) is 0.830. The fourth-order valence-corrected chi connectivity index (χ4v) is 2.80. The monoisotopic (exact) mass is 350 g/mol. The average molecular weight is 350 g/mol. The minimum atomic E-state index is -0.411. The molecule has 0 saturated carbocycles. The van der Waals surface area contributed by atoms with Crippen LogP contribution in [-0.2, 0) is 14.3 Å². The Hall–Kier alpha value is -2.44. The average Bonchev–Trinajstić information content (AvgIpc) is 2.87. The molecular formula is C18H23FN2O4. The van der Waals surface area contributed by atoms with Gasteiger partial charge in [-0.15, -0.1) is 0 Å². The van der Waals surface area contributed by atoms with E-state index in [1.807, 2.05) is 0 Å². The van der Waals surface area contributed by atoms with Gasteiger partial charge in [-0.3, -0.25) is 14.4 Å². The lowest BCUT2D eigenvalue weighted by Crippen LogP contribution is -2.37. The SMILES string of the molecule is COC(=O)CCC(=O)N1CCCN(C(=O)c2ccc(F)c(C)c2)CC1. The molecule has 1 heterocycles. The van der Waals surface area contributed by atoms with Gasteiger partial charge in [0.2, 0.25) is 5.91 Å². The summed E-state index contributed by atoms with van der Waals surface area (Å²) >= 11 is 0. The number of amides is 2. The fraction of sp³-hybridized carbons (Fsp3) is 0.500. The standard InChI is InChI=1S/C18H23FN2O4/c1-13-12-14(4-5-15(13)19)18(24)21-9-3-8-20(10-11-21)16(22)6-7-17(23)25-2/h4-5,12H,3,6-11H2,1-2H3. The number of aryl methyl sites for hydroxylation is 1. The molecule has 0 radical (unpaired) electrons. The lowest BCUT2D eigenvalue weighted by Gasteiger charge is -2.22. The Morgan fingerprint density at radius 1 is 1.08 bits per heavy atom. The van der Waals surface area contributed by atoms with Gasteiger partial charge in [-0.25, -0.2) is 4.39 Å². The molecule has 1 aromatic rings. The van der Waals surface area contributed by atoms with Gasteiger partial charge in [0, 0.05) is 38.2 Å². The Morgan fingerprint density at radius 3 is 2.44 bits per heavy atom. The molecule has 0 bridgehead atoms. The van der Waals surface area contributed by atoms with E-state index in [0.717, 1.165) is 0 Å². The molecule has 0 atom stereocenters. The van der Waals surface area contributed by atoms with Crippen LogP contribution >= 0.6 is 0 Å². The molecule has 7 heteroatoms. The van der Waals surface area contributed by atoms with Crippen LogP contribution in [0.3, 0.4) is 0 Å². The summed E-state index contributed by atoms with van der Waals surface area (Å²) in [7, 11) is 1.29. The number of esters is 1. The van der Waals surface area contributed by atoms with Crippen LogP contribution in [0.15, 0.2) is 18.2 Å². The predicted octanol–water partition coefficient (Wildman–Crippen LogP) is 1.76. The number of methoxy groups -OCH3 is 1. The molecule has 25 heavy (non-hydrogen) atoms. The van der Waals surface area contributed by atoms with Gasteiger partial charge in [0.05, 0.1) is 13.5 Å². The van der Waals surface area contributed by atoms with Crippen LogP contribution in [0.5, 0.6) is 0 Å². The van der Waals surface area contributed by atoms with Gasteiger partial charge < -0.3 is 14.5 Å². The molecule has 1 aliphatic rings. The van der Waals surface area contributed by atoms with Crippen LogP contribution in [0.1, 0.15) is 35.2 Å². The lowest BCUT2D eigenvalue weighted by molar-refractivity contribution is -0.143. The number of hydrogen-bond donors (Lipinski definition) is 0. The Labute approximate surface area is 146 Å². The van der Waals surface area contributed by atoms with E-state index < -0.39 is 5.97 Å². The van der Waals surface area contributed by atoms with E-state index in [0.29, 0.717) is 43.7 Å². The van der Waals surface area contributed by atoms with E-state index in [4.69, 9.17) is 0 Å². The first-order valence-corrected chi connectivity index (χ1v) is 8.32. The summed E-state index contributed by atoms with van der Waals surface area (Å²) in [5.41, 5.74) is 0.879. The van der Waals surface area contributed by atoms with Crippen molar-refractivity contribution in [1.82, 2.24) is 9.80 Å². The van der Waals surface area contributed by atoms with Gasteiger partial charge in [-0.1, -0.05) is 0 Å². The van der Waals surface area contributed by atoms with Crippen LogP contribution in [0.4, 0.5) is 4.39 Å². The first kappa shape index (κ1) is 18.9. The first-order valence-electron chi connectivity index (χ1n) is 8.32. The Balaban J connectivity index is 1.94. The zero-order valence-electron chi connectivity index (χ0n) is 14.6. The minimum absolute atomic E-state index is 0.0589. The number of rotatable bonds is 4. The number of halogens is 1. The van der Waals surface area contributed by atoms with Crippen molar-refractivity contribution in [3.05, 3.63) is 35.1 Å². The van der Waals surface area contributed by atoms with Gasteiger partial charge in [-0.2, -0.15) is 0 Å². The Kier molecular flexibility index (Phi) is 6.50. The third kappa shape index (κ3) is 5.01. The molecule has 0 unspecified atom stereocenters. The highest BCUT2D eigenvalue weighted by Gasteiger charge is 2.23. The van der Waals surface area contributed by atoms with Crippen LogP contribution in [0.2, 0.25) is 0 Å². The topological polar surface area (TPSA) is 66.9 Å². The van der Waals surface area contributed by atoms with E-state index in [1.54, 1.807) is 22.8 Å². The summed E-state index contributed by atoms with van der Waals surface area (Å²) in [4.78, 5) is 39.3. The number of nitrogens with zero attached hydrogens (tertiary/aromatic N) is 2. The summed E-state index contributed by atoms with van der Waals surface area (Å²) in [6.45, 7) is 3.55. The van der Waals surface area contributed by atoms with Crippen molar-refractivity contribution in [2.45, 2.75) is 26.2 Å². The number of ether oxygens (including phenoxy) is 1. The molecule has 1 fully saturated rings. The molecule has 1 saturated heterocycles. The molecule has 2 rings (SSSR count). The van der Waals surface area contributed by atoms with E-state index in [-0.39, 0.29) is 30.5 Å². The summed E-state index contributed by atoms with van der Waals surface area (Å²) in [6, 6.07) is 4.32. The second-order valence-corrected chi connectivity index (χ2v) is 6.07. The molecular weight excluding hydrogens is 327 g/mol. The maximum Gasteiger partial charge on any atom is 0.306 e. The van der Waals surface area contributed by atoms with Crippen molar-refractivity contribution < 1.29 is 23.5 Å². The number of hydrogen-bond acceptors (Lipinski definition) is 4. The normalized spacial score (nSPS) is 14.8. The largest absolute Gasteiger partial charge is 0.469 e. The molecule has 0 aromatic heterocycles. The number of carbonyl (C=O) groups excluding carboxylic acids is 3. The first-order chi connectivity index (χ1) is 11.9. The van der Waals surface area contributed by atoms with Crippen molar-refractivity contribution in [3.63, 3.8) is 0 Å². The highest BCUT2D eigenvalue weighted by atomic mass is 19.1. The number of benzene rings is 1. The van der Waals surface area contributed by atoms with Crippen molar-refractivity contribution in [2.24, 2.45) is 0 Å². The second-order valence-electron chi connectivity index (χ2n) is 6.07. The van der Waals surface area contributed by atoms with Crippen molar-refractivity contribution in [1.29, 1.82) is 0 Å². The van der Waals surface area contributed by atoms with Gasteiger partial charge >= 0.3 is 5.97 Å². The zero-order valence-corrected chi connectivity index (χ0v) is 14.6. The van der Waals surface area contributed by atoms with E-state index in [9.17, 15) is 18.8 Å². The van der Waals surface area contributed by atoms with E-state index in [2.05, 4.69) is 4.74 Å². The number of carbonyl (C=O) groups is 3. The third-order valence-corrected chi connectivity index (χ3v) is 4.31. The molecule has 0 N–H and O–H groups in total. The second kappa shape index (κ2) is 8.60. The molecule has 2 amide bonds. The zero-order chi connectivity index (χ0) is 18.4. The van der Waals surface area contributed by atoms with Gasteiger partial charge in [0.1, 0.15) is 5.82 Å². The van der Waals surface area contributed by atoms with Crippen molar-refractivity contribution in [2.75, 3.05) is 33.3 Å².